The van der Waals surface area contributed by atoms with Crippen molar-refractivity contribution in [2.45, 2.75) is 19.9 Å². The molecule has 1 rings (SSSR count). The lowest BCUT2D eigenvalue weighted by atomic mass is 10.0. The Kier molecular flexibility index (Phi) is 5.70. The van der Waals surface area contributed by atoms with Crippen molar-refractivity contribution in [3.05, 3.63) is 40.7 Å². The number of hydrogen-bond acceptors (Lipinski definition) is 2. The lowest BCUT2D eigenvalue weighted by Gasteiger charge is -2.16. The first-order valence-electron chi connectivity index (χ1n) is 5.97. The van der Waals surface area contributed by atoms with E-state index in [0.29, 0.717) is 5.56 Å². The number of carboxylic acids is 1. The Labute approximate surface area is 121 Å². The van der Waals surface area contributed by atoms with E-state index >= 15 is 0 Å². The van der Waals surface area contributed by atoms with Gasteiger partial charge < -0.3 is 10.4 Å². The molecule has 0 saturated heterocycles. The van der Waals surface area contributed by atoms with Gasteiger partial charge in [0.15, 0.2) is 0 Å². The van der Waals surface area contributed by atoms with Crippen molar-refractivity contribution in [1.29, 1.82) is 0 Å². The number of carboxylic acid groups (broad SMARTS) is 1. The number of hydrogen-bond donors (Lipinski definition) is 2. The van der Waals surface area contributed by atoms with E-state index in [-0.39, 0.29) is 10.9 Å². The predicted octanol–water partition coefficient (Wildman–Crippen LogP) is 2.72. The molecule has 0 aliphatic heterocycles. The highest BCUT2D eigenvalue weighted by Gasteiger charge is 2.22. The van der Waals surface area contributed by atoms with Crippen molar-refractivity contribution in [3.63, 3.8) is 0 Å². The lowest BCUT2D eigenvalue weighted by molar-refractivity contribution is -0.142. The van der Waals surface area contributed by atoms with Crippen molar-refractivity contribution in [3.8, 4) is 0 Å². The monoisotopic (exact) mass is 299 g/mol. The molecule has 4 nitrogen and oxygen atoms in total. The molecule has 2 N–H and O–H groups in total. The number of rotatable bonds is 5. The summed E-state index contributed by atoms with van der Waals surface area (Å²) in [5.41, 5.74) is 0.544. The van der Waals surface area contributed by atoms with E-state index in [1.807, 2.05) is 0 Å². The van der Waals surface area contributed by atoms with Crippen LogP contribution in [0.1, 0.15) is 19.4 Å². The van der Waals surface area contributed by atoms with Crippen molar-refractivity contribution in [1.82, 2.24) is 5.32 Å². The topological polar surface area (TPSA) is 66.4 Å². The minimum Gasteiger partial charge on any atom is -0.480 e. The highest BCUT2D eigenvalue weighted by atomic mass is 35.5. The molecule has 0 aliphatic rings. The van der Waals surface area contributed by atoms with Gasteiger partial charge >= 0.3 is 5.97 Å². The van der Waals surface area contributed by atoms with Crippen molar-refractivity contribution in [2.75, 3.05) is 0 Å². The van der Waals surface area contributed by atoms with Crippen LogP contribution in [-0.4, -0.2) is 23.0 Å². The van der Waals surface area contributed by atoms with E-state index in [2.05, 4.69) is 5.32 Å². The Balaban J connectivity index is 2.72. The van der Waals surface area contributed by atoms with Crippen LogP contribution < -0.4 is 5.32 Å². The molecule has 108 valence electrons. The second-order valence-corrected chi connectivity index (χ2v) is 4.98. The van der Waals surface area contributed by atoms with E-state index in [4.69, 9.17) is 16.7 Å². The summed E-state index contributed by atoms with van der Waals surface area (Å²) in [5, 5.41) is 11.3. The predicted molar refractivity (Wildman–Crippen MR) is 74.8 cm³/mol. The maximum Gasteiger partial charge on any atom is 0.326 e. The second kappa shape index (κ2) is 7.05. The summed E-state index contributed by atoms with van der Waals surface area (Å²) in [6.07, 6.45) is 2.61. The van der Waals surface area contributed by atoms with Crippen molar-refractivity contribution < 1.29 is 19.1 Å². The molecule has 1 aromatic carbocycles. The second-order valence-electron chi connectivity index (χ2n) is 4.58. The van der Waals surface area contributed by atoms with E-state index in [1.54, 1.807) is 13.8 Å². The zero-order valence-electron chi connectivity index (χ0n) is 11.1. The Bertz CT molecular complexity index is 543. The number of nitrogens with one attached hydrogen (secondary N) is 1. The molecule has 6 heteroatoms. The summed E-state index contributed by atoms with van der Waals surface area (Å²) in [4.78, 5) is 22.6. The molecule has 1 unspecified atom stereocenters. The SMILES string of the molecule is CC(C)C(NC(=O)/C=C/c1ccc(F)c(Cl)c1)C(=O)O. The molecule has 1 aromatic rings. The van der Waals surface area contributed by atoms with E-state index in [1.165, 1.54) is 30.4 Å². The highest BCUT2D eigenvalue weighted by molar-refractivity contribution is 6.30. The van der Waals surface area contributed by atoms with Crippen LogP contribution in [-0.2, 0) is 9.59 Å². The van der Waals surface area contributed by atoms with Gasteiger partial charge in [0.2, 0.25) is 5.91 Å². The summed E-state index contributed by atoms with van der Waals surface area (Å²) in [6.45, 7) is 3.39. The van der Waals surface area contributed by atoms with Crippen LogP contribution >= 0.6 is 11.6 Å². The summed E-state index contributed by atoms with van der Waals surface area (Å²) in [6, 6.07) is 3.07. The first-order chi connectivity index (χ1) is 9.31. The molecule has 0 aromatic heterocycles. The molecule has 0 saturated carbocycles. The molecule has 0 fully saturated rings. The highest BCUT2D eigenvalue weighted by Crippen LogP contribution is 2.16. The maximum absolute atomic E-state index is 12.9. The Morgan fingerprint density at radius 2 is 2.05 bits per heavy atom. The third-order valence-corrected chi connectivity index (χ3v) is 2.89. The molecule has 0 radical (unpaired) electrons. The quantitative estimate of drug-likeness (QED) is 0.822. The molecule has 1 amide bonds. The standard InChI is InChI=1S/C14H15ClFNO3/c1-8(2)13(14(19)20)17-12(18)6-4-9-3-5-11(16)10(15)7-9/h3-8,13H,1-2H3,(H,17,18)(H,19,20)/b6-4+. The molecule has 0 spiro atoms. The van der Waals surface area contributed by atoms with E-state index in [0.717, 1.165) is 0 Å². The molecule has 1 atom stereocenters. The Hall–Kier alpha value is -1.88. The zero-order chi connectivity index (χ0) is 15.3. The van der Waals surface area contributed by atoms with Gasteiger partial charge in [0, 0.05) is 6.08 Å². The zero-order valence-corrected chi connectivity index (χ0v) is 11.8. The molecule has 0 aliphatic carbocycles. The van der Waals surface area contributed by atoms with Gasteiger partial charge in [0.1, 0.15) is 11.9 Å². The summed E-state index contributed by atoms with van der Waals surface area (Å²) in [7, 11) is 0. The molecule has 0 bridgehead atoms. The average molecular weight is 300 g/mol. The number of halogens is 2. The van der Waals surface area contributed by atoms with Crippen LogP contribution in [0.15, 0.2) is 24.3 Å². The maximum atomic E-state index is 12.9. The Morgan fingerprint density at radius 1 is 1.40 bits per heavy atom. The smallest absolute Gasteiger partial charge is 0.326 e. The number of carbonyl (C=O) groups excluding carboxylic acids is 1. The first-order valence-corrected chi connectivity index (χ1v) is 6.35. The van der Waals surface area contributed by atoms with E-state index < -0.39 is 23.7 Å². The van der Waals surface area contributed by atoms with Crippen LogP contribution in [0, 0.1) is 11.7 Å². The molecular weight excluding hydrogens is 285 g/mol. The van der Waals surface area contributed by atoms with Crippen LogP contribution in [0.5, 0.6) is 0 Å². The van der Waals surface area contributed by atoms with Gasteiger partial charge in [-0.05, 0) is 29.7 Å². The van der Waals surface area contributed by atoms with Gasteiger partial charge in [-0.2, -0.15) is 0 Å². The normalized spacial score (nSPS) is 12.7. The Morgan fingerprint density at radius 3 is 2.55 bits per heavy atom. The van der Waals surface area contributed by atoms with Crippen LogP contribution in [0.3, 0.4) is 0 Å². The molecule has 20 heavy (non-hydrogen) atoms. The van der Waals surface area contributed by atoms with Crippen LogP contribution in [0.4, 0.5) is 4.39 Å². The van der Waals surface area contributed by atoms with Gasteiger partial charge in [0.05, 0.1) is 5.02 Å². The van der Waals surface area contributed by atoms with Crippen LogP contribution in [0.25, 0.3) is 6.08 Å². The minimum atomic E-state index is -1.09. The van der Waals surface area contributed by atoms with Crippen molar-refractivity contribution in [2.24, 2.45) is 5.92 Å². The fraction of sp³-hybridized carbons (Fsp3) is 0.286. The number of amides is 1. The van der Waals surface area contributed by atoms with E-state index in [9.17, 15) is 14.0 Å². The van der Waals surface area contributed by atoms with Gasteiger partial charge in [-0.15, -0.1) is 0 Å². The average Bonchev–Trinajstić information content (AvgIpc) is 2.36. The number of aliphatic carboxylic acids is 1. The first kappa shape index (κ1) is 16.2. The third kappa shape index (κ3) is 4.66. The number of benzene rings is 1. The fourth-order valence-corrected chi connectivity index (χ4v) is 1.69. The largest absolute Gasteiger partial charge is 0.480 e. The van der Waals surface area contributed by atoms with Gasteiger partial charge in [-0.1, -0.05) is 31.5 Å². The van der Waals surface area contributed by atoms with Gasteiger partial charge in [-0.3, -0.25) is 4.79 Å². The fourth-order valence-electron chi connectivity index (χ4n) is 1.50. The summed E-state index contributed by atoms with van der Waals surface area (Å²) in [5.74, 6) is -2.40. The molecule has 0 heterocycles. The van der Waals surface area contributed by atoms with Gasteiger partial charge in [0.25, 0.3) is 0 Å². The lowest BCUT2D eigenvalue weighted by Crippen LogP contribution is -2.43. The number of carbonyl (C=O) groups is 2. The van der Waals surface area contributed by atoms with Gasteiger partial charge in [-0.25, -0.2) is 9.18 Å². The molecular formula is C14H15ClFNO3. The van der Waals surface area contributed by atoms with Crippen molar-refractivity contribution >= 4 is 29.6 Å². The van der Waals surface area contributed by atoms with Crippen LogP contribution in [0.2, 0.25) is 5.02 Å². The third-order valence-electron chi connectivity index (χ3n) is 2.60. The minimum absolute atomic E-state index is 0.0434. The summed E-state index contributed by atoms with van der Waals surface area (Å²) < 4.78 is 12.9. The summed E-state index contributed by atoms with van der Waals surface area (Å²) >= 11 is 5.61.